The molecule has 0 aromatic heterocycles. The number of hydrogen-bond donors (Lipinski definition) is 0. The molecule has 20 heavy (non-hydrogen) atoms. The van der Waals surface area contributed by atoms with E-state index in [1.54, 1.807) is 13.0 Å². The molecule has 1 aliphatic heterocycles. The van der Waals surface area contributed by atoms with Crippen LogP contribution in [-0.2, 0) is 9.59 Å². The molecule has 0 unspecified atom stereocenters. The van der Waals surface area contributed by atoms with Crippen LogP contribution in [0.15, 0.2) is 17.7 Å². The lowest BCUT2D eigenvalue weighted by atomic mass is 10.2. The number of carbonyl (C=O) groups is 3. The highest BCUT2D eigenvalue weighted by Gasteiger charge is 2.33. The Morgan fingerprint density at radius 1 is 1.20 bits per heavy atom. The summed E-state index contributed by atoms with van der Waals surface area (Å²) in [4.78, 5) is 36.2. The SMILES string of the molecule is CC1=CC(=O)N(c2c(I)cc(I)c(C(=O)[O-])c2I)C1=O. The van der Waals surface area contributed by atoms with Crippen LogP contribution in [0.5, 0.6) is 0 Å². The molecule has 1 heterocycles. The third-order valence-corrected chi connectivity index (χ3v) is 5.40. The summed E-state index contributed by atoms with van der Waals surface area (Å²) < 4.78 is 1.46. The van der Waals surface area contributed by atoms with Gasteiger partial charge in [-0.3, -0.25) is 9.59 Å². The molecule has 0 radical (unpaired) electrons. The van der Waals surface area contributed by atoms with Crippen molar-refractivity contribution in [2.45, 2.75) is 6.92 Å². The summed E-state index contributed by atoms with van der Waals surface area (Å²) in [6.07, 6.45) is 1.24. The topological polar surface area (TPSA) is 77.5 Å². The van der Waals surface area contributed by atoms with Crippen LogP contribution in [0, 0.1) is 10.7 Å². The predicted octanol–water partition coefficient (Wildman–Crippen LogP) is 1.68. The molecule has 0 bridgehead atoms. The quantitative estimate of drug-likeness (QED) is 0.379. The van der Waals surface area contributed by atoms with Crippen molar-refractivity contribution in [3.8, 4) is 0 Å². The van der Waals surface area contributed by atoms with Crippen molar-refractivity contribution in [3.63, 3.8) is 0 Å². The van der Waals surface area contributed by atoms with Gasteiger partial charge in [-0.25, -0.2) is 4.90 Å². The Morgan fingerprint density at radius 3 is 2.25 bits per heavy atom. The Kier molecular flexibility index (Phi) is 4.73. The third kappa shape index (κ3) is 2.61. The summed E-state index contributed by atoms with van der Waals surface area (Å²) in [6, 6.07) is 1.61. The second-order valence-electron chi connectivity index (χ2n) is 3.97. The van der Waals surface area contributed by atoms with Crippen molar-refractivity contribution in [1.29, 1.82) is 0 Å². The average Bonchev–Trinajstić information content (AvgIpc) is 2.54. The summed E-state index contributed by atoms with van der Waals surface area (Å²) in [5.74, 6) is -2.23. The molecule has 0 atom stereocenters. The number of nitrogens with zero attached hydrogens (tertiary/aromatic N) is 1. The van der Waals surface area contributed by atoms with E-state index in [1.807, 2.05) is 67.8 Å². The van der Waals surface area contributed by atoms with E-state index >= 15 is 0 Å². The van der Waals surface area contributed by atoms with E-state index in [9.17, 15) is 19.5 Å². The Labute approximate surface area is 155 Å². The van der Waals surface area contributed by atoms with E-state index < -0.39 is 17.8 Å². The van der Waals surface area contributed by atoms with E-state index in [2.05, 4.69) is 0 Å². The number of carboxylic acids is 1. The molecule has 8 heteroatoms. The van der Waals surface area contributed by atoms with Gasteiger partial charge in [0.25, 0.3) is 11.8 Å². The fourth-order valence-electron chi connectivity index (χ4n) is 1.77. The van der Waals surface area contributed by atoms with Gasteiger partial charge in [-0.2, -0.15) is 0 Å². The maximum Gasteiger partial charge on any atom is 0.261 e. The minimum atomic E-state index is -1.33. The van der Waals surface area contributed by atoms with Gasteiger partial charge in [0.05, 0.1) is 11.7 Å². The molecular formula is C12H5I3NO4-. The van der Waals surface area contributed by atoms with Crippen molar-refractivity contribution >= 4 is 91.2 Å². The highest BCUT2D eigenvalue weighted by molar-refractivity contribution is 14.1. The van der Waals surface area contributed by atoms with Crippen molar-refractivity contribution in [2.75, 3.05) is 4.90 Å². The Morgan fingerprint density at radius 2 is 1.80 bits per heavy atom. The summed E-state index contributed by atoms with van der Waals surface area (Å²) in [6.45, 7) is 1.55. The predicted molar refractivity (Wildman–Crippen MR) is 95.2 cm³/mol. The van der Waals surface area contributed by atoms with Gasteiger partial charge < -0.3 is 9.90 Å². The van der Waals surface area contributed by atoms with Gasteiger partial charge in [0.2, 0.25) is 0 Å². The fraction of sp³-hybridized carbons (Fsp3) is 0.0833. The maximum absolute atomic E-state index is 12.1. The van der Waals surface area contributed by atoms with Crippen LogP contribution in [0.2, 0.25) is 0 Å². The minimum absolute atomic E-state index is 0.00762. The van der Waals surface area contributed by atoms with Crippen LogP contribution in [0.25, 0.3) is 0 Å². The number of aromatic carboxylic acids is 1. The number of halogens is 3. The van der Waals surface area contributed by atoms with E-state index in [4.69, 9.17) is 0 Å². The van der Waals surface area contributed by atoms with Gasteiger partial charge in [0.1, 0.15) is 0 Å². The molecular weight excluding hydrogens is 603 g/mol. The average molecular weight is 608 g/mol. The molecule has 0 spiro atoms. The van der Waals surface area contributed by atoms with Crippen LogP contribution in [0.1, 0.15) is 17.3 Å². The largest absolute Gasteiger partial charge is 0.545 e. The van der Waals surface area contributed by atoms with E-state index in [0.717, 1.165) is 4.90 Å². The zero-order valence-electron chi connectivity index (χ0n) is 9.87. The summed E-state index contributed by atoms with van der Waals surface area (Å²) in [5.41, 5.74) is 0.621. The lowest BCUT2D eigenvalue weighted by Crippen LogP contribution is -2.33. The zero-order valence-corrected chi connectivity index (χ0v) is 16.3. The Hall–Kier alpha value is -0.240. The number of carboxylic acid groups (broad SMARTS) is 1. The van der Waals surface area contributed by atoms with Gasteiger partial charge in [-0.15, -0.1) is 0 Å². The number of anilines is 1. The Bertz CT molecular complexity index is 696. The molecule has 0 aliphatic carbocycles. The van der Waals surface area contributed by atoms with Gasteiger partial charge in [0, 0.05) is 27.9 Å². The first kappa shape index (κ1) is 16.1. The second-order valence-corrected chi connectivity index (χ2v) is 7.37. The number of carbonyl (C=O) groups excluding carboxylic acids is 3. The summed E-state index contributed by atoms with van der Waals surface area (Å²) in [5, 5.41) is 11.2. The number of rotatable bonds is 2. The van der Waals surface area contributed by atoms with Crippen LogP contribution in [0.4, 0.5) is 5.69 Å². The van der Waals surface area contributed by atoms with Crippen LogP contribution in [-0.4, -0.2) is 17.8 Å². The van der Waals surface area contributed by atoms with Crippen molar-refractivity contribution in [2.24, 2.45) is 0 Å². The van der Waals surface area contributed by atoms with E-state index in [0.29, 0.717) is 22.0 Å². The minimum Gasteiger partial charge on any atom is -0.545 e. The summed E-state index contributed by atoms with van der Waals surface area (Å²) >= 11 is 5.69. The van der Waals surface area contributed by atoms with E-state index in [1.165, 1.54) is 6.08 Å². The first-order valence-electron chi connectivity index (χ1n) is 5.21. The molecule has 0 N–H and O–H groups in total. The van der Waals surface area contributed by atoms with Gasteiger partial charge in [0.15, 0.2) is 0 Å². The highest BCUT2D eigenvalue weighted by atomic mass is 127. The fourth-order valence-corrected chi connectivity index (χ4v) is 6.07. The first-order chi connectivity index (χ1) is 9.25. The molecule has 0 saturated heterocycles. The van der Waals surface area contributed by atoms with Gasteiger partial charge >= 0.3 is 0 Å². The summed E-state index contributed by atoms with van der Waals surface area (Å²) in [7, 11) is 0. The van der Waals surface area contributed by atoms with Crippen LogP contribution >= 0.6 is 67.8 Å². The zero-order chi connectivity index (χ0) is 15.2. The first-order valence-corrected chi connectivity index (χ1v) is 8.45. The lowest BCUT2D eigenvalue weighted by molar-refractivity contribution is -0.255. The van der Waals surface area contributed by atoms with Crippen molar-refractivity contribution < 1.29 is 19.5 Å². The third-order valence-electron chi connectivity index (χ3n) is 2.67. The van der Waals surface area contributed by atoms with Gasteiger partial charge in [-0.1, -0.05) is 0 Å². The van der Waals surface area contributed by atoms with Crippen molar-refractivity contribution in [3.05, 3.63) is 34.0 Å². The Balaban J connectivity index is 2.71. The maximum atomic E-state index is 12.1. The smallest absolute Gasteiger partial charge is 0.261 e. The number of amides is 2. The highest BCUT2D eigenvalue weighted by Crippen LogP contribution is 2.36. The molecule has 0 fully saturated rings. The number of hydrogen-bond acceptors (Lipinski definition) is 4. The van der Waals surface area contributed by atoms with Crippen molar-refractivity contribution in [1.82, 2.24) is 0 Å². The molecule has 0 saturated carbocycles. The standard InChI is InChI=1S/C12H6I3NO4/c1-4-2-7(17)16(11(4)18)10-6(14)3-5(13)8(9(10)15)12(19)20/h2-3H,1H3,(H,19,20)/p-1. The second kappa shape index (κ2) is 5.87. The molecule has 1 aliphatic rings. The molecule has 104 valence electrons. The number of benzene rings is 1. The normalized spacial score (nSPS) is 14.8. The van der Waals surface area contributed by atoms with E-state index in [-0.39, 0.29) is 5.56 Å². The monoisotopic (exact) mass is 608 g/mol. The van der Waals surface area contributed by atoms with Crippen LogP contribution < -0.4 is 10.0 Å². The van der Waals surface area contributed by atoms with Gasteiger partial charge in [-0.05, 0) is 80.8 Å². The lowest BCUT2D eigenvalue weighted by Gasteiger charge is -2.21. The number of imide groups is 1. The molecule has 5 nitrogen and oxygen atoms in total. The molecule has 2 rings (SSSR count). The molecule has 1 aromatic carbocycles. The molecule has 1 aromatic rings. The molecule has 2 amide bonds. The van der Waals surface area contributed by atoms with Crippen LogP contribution in [0.3, 0.4) is 0 Å².